The Morgan fingerprint density at radius 2 is 1.06 bits per heavy atom. The minimum Gasteiger partial charge on any atom is -0.256 e. The molecule has 1 aromatic heterocycles. The van der Waals surface area contributed by atoms with Crippen molar-refractivity contribution in [2.75, 3.05) is 0 Å². The molecule has 0 bridgehead atoms. The highest BCUT2D eigenvalue weighted by atomic mass is 127. The van der Waals surface area contributed by atoms with E-state index in [0.29, 0.717) is 0 Å². The molecule has 6 rings (SSSR count). The van der Waals surface area contributed by atoms with Gasteiger partial charge in [-0.1, -0.05) is 66.7 Å². The third-order valence-corrected chi connectivity index (χ3v) is 9.40. The molecule has 6 aromatic rings. The minimum atomic E-state index is 1.03. The lowest BCUT2D eigenvalue weighted by atomic mass is 9.84. The molecule has 0 N–H and O–H groups in total. The highest BCUT2D eigenvalue weighted by Crippen LogP contribution is 2.46. The van der Waals surface area contributed by atoms with E-state index in [9.17, 15) is 0 Å². The van der Waals surface area contributed by atoms with Gasteiger partial charge in [0.15, 0.2) is 0 Å². The molecule has 1 nitrogen and oxygen atoms in total. The molecule has 0 spiro atoms. The maximum Gasteiger partial charge on any atom is 0.0708 e. The van der Waals surface area contributed by atoms with E-state index in [1.54, 1.807) is 0 Å². The van der Waals surface area contributed by atoms with E-state index in [1.807, 2.05) is 0 Å². The van der Waals surface area contributed by atoms with Crippen LogP contribution in [0.1, 0.15) is 27.8 Å². The van der Waals surface area contributed by atoms with Gasteiger partial charge in [0.2, 0.25) is 0 Å². The summed E-state index contributed by atoms with van der Waals surface area (Å²) in [4.78, 5) is 4.95. The second-order valence-corrected chi connectivity index (χ2v) is 11.1. The summed E-state index contributed by atoms with van der Waals surface area (Å²) in [5.41, 5.74) is 12.8. The Kier molecular flexibility index (Phi) is 5.60. The maximum absolute atomic E-state index is 4.95. The molecule has 0 aliphatic heterocycles. The predicted molar refractivity (Wildman–Crippen MR) is 164 cm³/mol. The summed E-state index contributed by atoms with van der Waals surface area (Å²) in [5.74, 6) is 0. The van der Waals surface area contributed by atoms with Crippen molar-refractivity contribution >= 4 is 55.0 Å². The first kappa shape index (κ1) is 23.2. The first-order valence-corrected chi connectivity index (χ1v) is 13.5. The van der Waals surface area contributed by atoms with Crippen LogP contribution in [0, 0.1) is 38.2 Å². The molecule has 0 atom stereocenters. The average Bonchev–Trinajstić information content (AvgIpc) is 2.88. The van der Waals surface area contributed by atoms with Crippen LogP contribution < -0.4 is 0 Å². The molecule has 36 heavy (non-hydrogen) atoms. The average molecular weight is 578 g/mol. The van der Waals surface area contributed by atoms with Gasteiger partial charge in [0, 0.05) is 25.9 Å². The van der Waals surface area contributed by atoms with E-state index < -0.39 is 0 Å². The number of para-hydroxylation sites is 1. The van der Waals surface area contributed by atoms with Gasteiger partial charge in [-0.05, 0) is 124 Å². The second kappa shape index (κ2) is 8.70. The molecule has 0 aliphatic rings. The molecule has 0 aliphatic carbocycles. The van der Waals surface area contributed by atoms with E-state index in [1.165, 1.54) is 80.6 Å². The summed E-state index contributed by atoms with van der Waals surface area (Å²) in [6.07, 6.45) is 2.10. The molecular weight excluding hydrogens is 549 g/mol. The van der Waals surface area contributed by atoms with Crippen LogP contribution in [0.4, 0.5) is 0 Å². The third-order valence-electron chi connectivity index (χ3n) is 7.70. The Morgan fingerprint density at radius 1 is 0.556 bits per heavy atom. The Hall–Kier alpha value is -3.24. The lowest BCUT2D eigenvalue weighted by molar-refractivity contribution is 1.27. The summed E-state index contributed by atoms with van der Waals surface area (Å²) in [6.45, 7) is 11.1. The van der Waals surface area contributed by atoms with Gasteiger partial charge in [-0.25, -0.2) is 0 Å². The normalized spacial score (nSPS) is 11.6. The summed E-state index contributed by atoms with van der Waals surface area (Å²) in [5, 5.41) is 6.25. The molecule has 176 valence electrons. The van der Waals surface area contributed by atoms with Gasteiger partial charge < -0.3 is 0 Å². The van der Waals surface area contributed by atoms with Gasteiger partial charge in [0.1, 0.15) is 0 Å². The lowest BCUT2D eigenvalue weighted by Crippen LogP contribution is -1.96. The number of rotatable bonds is 2. The first-order chi connectivity index (χ1) is 17.3. The Bertz CT molecular complexity index is 1800. The zero-order chi connectivity index (χ0) is 25.1. The van der Waals surface area contributed by atoms with Crippen molar-refractivity contribution < 1.29 is 0 Å². The molecular formula is C34H28IN. The molecule has 0 amide bonds. The Balaban J connectivity index is 1.89. The molecule has 0 saturated carbocycles. The summed E-state index contributed by atoms with van der Waals surface area (Å²) in [6, 6.07) is 26.9. The van der Waals surface area contributed by atoms with Gasteiger partial charge in [0.05, 0.1) is 5.52 Å². The van der Waals surface area contributed by atoms with Crippen LogP contribution in [0.2, 0.25) is 0 Å². The second-order valence-electron chi connectivity index (χ2n) is 10.0. The maximum atomic E-state index is 4.95. The topological polar surface area (TPSA) is 12.9 Å². The third kappa shape index (κ3) is 3.54. The summed E-state index contributed by atoms with van der Waals surface area (Å²) in [7, 11) is 0. The number of halogens is 1. The van der Waals surface area contributed by atoms with E-state index in [0.717, 1.165) is 5.52 Å². The van der Waals surface area contributed by atoms with E-state index in [4.69, 9.17) is 4.98 Å². The molecule has 2 heteroatoms. The number of aryl methyl sites for hydroxylation is 4. The van der Waals surface area contributed by atoms with Crippen LogP contribution in [0.15, 0.2) is 79.0 Å². The van der Waals surface area contributed by atoms with Gasteiger partial charge in [-0.15, -0.1) is 0 Å². The number of pyridine rings is 1. The number of fused-ring (bicyclic) bond motifs is 4. The minimum absolute atomic E-state index is 1.03. The van der Waals surface area contributed by atoms with Crippen LogP contribution in [-0.4, -0.2) is 4.98 Å². The van der Waals surface area contributed by atoms with Crippen LogP contribution in [-0.2, 0) is 0 Å². The zero-order valence-electron chi connectivity index (χ0n) is 21.3. The van der Waals surface area contributed by atoms with Gasteiger partial charge >= 0.3 is 0 Å². The molecule has 0 saturated heterocycles. The SMILES string of the molecule is Cc1cc(-c2c3ccccc3c(-c3cc(C)c(I)c(C)c3)c3c2cnc2ccccc23)cc(C)c1C. The lowest BCUT2D eigenvalue weighted by Gasteiger charge is -2.20. The largest absolute Gasteiger partial charge is 0.256 e. The van der Waals surface area contributed by atoms with Gasteiger partial charge in [-0.2, -0.15) is 0 Å². The van der Waals surface area contributed by atoms with Crippen molar-refractivity contribution in [3.05, 3.63) is 110 Å². The van der Waals surface area contributed by atoms with E-state index >= 15 is 0 Å². The van der Waals surface area contributed by atoms with Crippen molar-refractivity contribution in [1.29, 1.82) is 0 Å². The fraction of sp³-hybridized carbons (Fsp3) is 0.147. The van der Waals surface area contributed by atoms with Crippen LogP contribution in [0.3, 0.4) is 0 Å². The highest BCUT2D eigenvalue weighted by molar-refractivity contribution is 14.1. The van der Waals surface area contributed by atoms with Crippen molar-refractivity contribution in [2.24, 2.45) is 0 Å². The molecule has 5 aromatic carbocycles. The highest BCUT2D eigenvalue weighted by Gasteiger charge is 2.20. The number of aromatic nitrogens is 1. The number of hydrogen-bond donors (Lipinski definition) is 0. The van der Waals surface area contributed by atoms with Crippen molar-refractivity contribution in [3.8, 4) is 22.3 Å². The van der Waals surface area contributed by atoms with Gasteiger partial charge in [0.25, 0.3) is 0 Å². The van der Waals surface area contributed by atoms with Crippen LogP contribution in [0.5, 0.6) is 0 Å². The monoisotopic (exact) mass is 577 g/mol. The first-order valence-electron chi connectivity index (χ1n) is 12.4. The van der Waals surface area contributed by atoms with Crippen LogP contribution in [0.25, 0.3) is 54.7 Å². The fourth-order valence-corrected chi connectivity index (χ4v) is 5.99. The van der Waals surface area contributed by atoms with E-state index in [2.05, 4.69) is 136 Å². The predicted octanol–water partition coefficient (Wildman–Crippen LogP) is 10.0. The standard InChI is InChI=1S/C34H28IN/c1-19-14-24(15-20(2)23(19)5)31-26-10-6-7-11-27(26)32(25-16-21(3)34(35)22(4)17-25)33-28-12-8-9-13-30(28)36-18-29(31)33/h6-18H,1-5H3. The van der Waals surface area contributed by atoms with E-state index in [-0.39, 0.29) is 0 Å². The zero-order valence-corrected chi connectivity index (χ0v) is 23.5. The number of nitrogens with zero attached hydrogens (tertiary/aromatic N) is 1. The Morgan fingerprint density at radius 3 is 1.69 bits per heavy atom. The number of benzene rings is 5. The molecule has 0 radical (unpaired) electrons. The summed E-state index contributed by atoms with van der Waals surface area (Å²) >= 11 is 2.47. The van der Waals surface area contributed by atoms with Crippen molar-refractivity contribution in [1.82, 2.24) is 4.98 Å². The smallest absolute Gasteiger partial charge is 0.0708 e. The molecule has 0 fully saturated rings. The number of hydrogen-bond acceptors (Lipinski definition) is 1. The van der Waals surface area contributed by atoms with Crippen LogP contribution >= 0.6 is 22.6 Å². The molecule has 1 heterocycles. The van der Waals surface area contributed by atoms with Crippen molar-refractivity contribution in [3.63, 3.8) is 0 Å². The van der Waals surface area contributed by atoms with Gasteiger partial charge in [-0.3, -0.25) is 4.98 Å². The quantitative estimate of drug-likeness (QED) is 0.113. The molecule has 0 unspecified atom stereocenters. The van der Waals surface area contributed by atoms with Crippen molar-refractivity contribution in [2.45, 2.75) is 34.6 Å². The Labute approximate surface area is 226 Å². The summed E-state index contributed by atoms with van der Waals surface area (Å²) < 4.78 is 1.33. The fourth-order valence-electron chi connectivity index (χ4n) is 5.68.